The van der Waals surface area contributed by atoms with Gasteiger partial charge in [0.05, 0.1) is 13.7 Å². The van der Waals surface area contributed by atoms with Crippen LogP contribution in [0.2, 0.25) is 0 Å². The molecular weight excluding hydrogens is 418 g/mol. The quantitative estimate of drug-likeness (QED) is 0.546. The van der Waals surface area contributed by atoms with E-state index in [1.54, 1.807) is 19.1 Å². The van der Waals surface area contributed by atoms with Crippen LogP contribution in [0.5, 0.6) is 11.5 Å². The Bertz CT molecular complexity index is 1060. The third kappa shape index (κ3) is 3.83. The molecular formula is C23H23NO6S. The van der Waals surface area contributed by atoms with Crippen molar-refractivity contribution in [2.75, 3.05) is 13.7 Å². The summed E-state index contributed by atoms with van der Waals surface area (Å²) in [4.78, 5) is 40.0. The van der Waals surface area contributed by atoms with E-state index in [9.17, 15) is 19.5 Å². The lowest BCUT2D eigenvalue weighted by molar-refractivity contribution is -0.152. The van der Waals surface area contributed by atoms with E-state index in [1.165, 1.54) is 24.5 Å². The number of rotatable bonds is 5. The average Bonchev–Trinajstić information content (AvgIpc) is 3.28. The van der Waals surface area contributed by atoms with Gasteiger partial charge in [0.2, 0.25) is 5.91 Å². The first-order valence-corrected chi connectivity index (χ1v) is 11.0. The number of allylic oxidation sites excluding steroid dienone is 2. The number of benzene rings is 1. The molecule has 1 amide bonds. The molecule has 2 aromatic rings. The van der Waals surface area contributed by atoms with Crippen LogP contribution in [0, 0.1) is 5.92 Å². The predicted molar refractivity (Wildman–Crippen MR) is 114 cm³/mol. The van der Waals surface area contributed by atoms with Crippen LogP contribution in [0.4, 0.5) is 0 Å². The molecule has 1 aliphatic carbocycles. The second kappa shape index (κ2) is 8.55. The highest BCUT2D eigenvalue weighted by Gasteiger charge is 2.48. The average molecular weight is 442 g/mol. The number of carbonyl (C=O) groups excluding carboxylic acids is 3. The summed E-state index contributed by atoms with van der Waals surface area (Å²) in [6, 6.07) is 8.55. The Labute approximate surface area is 183 Å². The third-order valence-electron chi connectivity index (χ3n) is 5.78. The van der Waals surface area contributed by atoms with Crippen LogP contribution in [0.15, 0.2) is 47.0 Å². The first-order chi connectivity index (χ1) is 14.9. The number of carbonyl (C=O) groups is 3. The molecule has 31 heavy (non-hydrogen) atoms. The van der Waals surface area contributed by atoms with Crippen LogP contribution >= 0.6 is 11.3 Å². The number of ether oxygens (including phenoxy) is 2. The van der Waals surface area contributed by atoms with Crippen molar-refractivity contribution in [1.29, 1.82) is 0 Å². The van der Waals surface area contributed by atoms with Crippen LogP contribution in [-0.2, 0) is 19.1 Å². The van der Waals surface area contributed by atoms with Crippen molar-refractivity contribution in [3.63, 3.8) is 0 Å². The van der Waals surface area contributed by atoms with Crippen LogP contribution in [-0.4, -0.2) is 36.5 Å². The molecule has 0 spiro atoms. The van der Waals surface area contributed by atoms with Crippen molar-refractivity contribution in [2.45, 2.75) is 31.6 Å². The Morgan fingerprint density at radius 1 is 1.26 bits per heavy atom. The number of thiophene rings is 1. The van der Waals surface area contributed by atoms with E-state index in [-0.39, 0.29) is 36.2 Å². The first-order valence-electron chi connectivity index (χ1n) is 10.1. The zero-order valence-corrected chi connectivity index (χ0v) is 18.0. The van der Waals surface area contributed by atoms with Gasteiger partial charge in [0.1, 0.15) is 5.92 Å². The zero-order valence-electron chi connectivity index (χ0n) is 17.2. The van der Waals surface area contributed by atoms with Crippen LogP contribution in [0.3, 0.4) is 0 Å². The molecule has 0 saturated heterocycles. The Morgan fingerprint density at radius 2 is 2.06 bits per heavy atom. The number of ketones is 1. The lowest BCUT2D eigenvalue weighted by atomic mass is 9.69. The van der Waals surface area contributed by atoms with Gasteiger partial charge in [-0.25, -0.2) is 0 Å². The molecule has 0 saturated carbocycles. The van der Waals surface area contributed by atoms with Crippen molar-refractivity contribution in [3.8, 4) is 11.5 Å². The second-order valence-electron chi connectivity index (χ2n) is 7.55. The highest BCUT2D eigenvalue weighted by molar-refractivity contribution is 7.10. The maximum Gasteiger partial charge on any atom is 0.317 e. The largest absolute Gasteiger partial charge is 0.504 e. The van der Waals surface area contributed by atoms with E-state index in [4.69, 9.17) is 9.47 Å². The van der Waals surface area contributed by atoms with Crippen LogP contribution < -0.4 is 10.1 Å². The topological polar surface area (TPSA) is 102 Å². The van der Waals surface area contributed by atoms with Gasteiger partial charge < -0.3 is 19.9 Å². The van der Waals surface area contributed by atoms with Gasteiger partial charge in [0.25, 0.3) is 0 Å². The van der Waals surface area contributed by atoms with E-state index in [0.717, 1.165) is 4.88 Å². The second-order valence-corrected chi connectivity index (χ2v) is 8.53. The van der Waals surface area contributed by atoms with E-state index >= 15 is 0 Å². The molecule has 1 aromatic heterocycles. The number of methoxy groups -OCH3 is 1. The number of esters is 1. The number of Topliss-reactive ketones (excluding diaryl/α,β-unsaturated/α-hetero) is 1. The molecule has 2 aliphatic rings. The van der Waals surface area contributed by atoms with Gasteiger partial charge in [-0.2, -0.15) is 0 Å². The van der Waals surface area contributed by atoms with Crippen molar-refractivity contribution < 1.29 is 29.0 Å². The Kier molecular flexibility index (Phi) is 5.82. The predicted octanol–water partition coefficient (Wildman–Crippen LogP) is 3.26. The first kappa shape index (κ1) is 21.1. The van der Waals surface area contributed by atoms with Crippen molar-refractivity contribution in [3.05, 3.63) is 57.4 Å². The molecule has 4 rings (SSSR count). The molecule has 0 fully saturated rings. The third-order valence-corrected chi connectivity index (χ3v) is 6.79. The Morgan fingerprint density at radius 3 is 2.74 bits per heavy atom. The molecule has 2 heterocycles. The van der Waals surface area contributed by atoms with Gasteiger partial charge in [0.15, 0.2) is 17.3 Å². The van der Waals surface area contributed by atoms with Crippen molar-refractivity contribution in [1.82, 2.24) is 5.32 Å². The summed E-state index contributed by atoms with van der Waals surface area (Å²) in [6.07, 6.45) is 0.431. The maximum absolute atomic E-state index is 13.7. The van der Waals surface area contributed by atoms with Gasteiger partial charge in [-0.3, -0.25) is 14.4 Å². The number of hydrogen-bond acceptors (Lipinski definition) is 7. The van der Waals surface area contributed by atoms with E-state index in [2.05, 4.69) is 5.32 Å². The number of nitrogens with one attached hydrogen (secondary N) is 1. The van der Waals surface area contributed by atoms with E-state index in [1.807, 2.05) is 17.5 Å². The minimum atomic E-state index is -0.964. The van der Waals surface area contributed by atoms with Crippen molar-refractivity contribution in [2.24, 2.45) is 5.92 Å². The SMILES string of the molecule is CCOC(=O)[C@H]1C(=O)C2=C(C[C@H]1c1cccs1)NC(=O)C[C@H]2c1ccc(O)c(OC)c1. The zero-order chi connectivity index (χ0) is 22.1. The van der Waals surface area contributed by atoms with Gasteiger partial charge in [-0.05, 0) is 42.5 Å². The van der Waals surface area contributed by atoms with Gasteiger partial charge >= 0.3 is 5.97 Å². The fourth-order valence-corrected chi connectivity index (χ4v) is 5.29. The molecule has 8 heteroatoms. The highest BCUT2D eigenvalue weighted by Crippen LogP contribution is 2.47. The monoisotopic (exact) mass is 441 g/mol. The molecule has 0 radical (unpaired) electrons. The summed E-state index contributed by atoms with van der Waals surface area (Å²) in [7, 11) is 1.44. The van der Waals surface area contributed by atoms with Crippen molar-refractivity contribution >= 4 is 29.0 Å². The van der Waals surface area contributed by atoms with Gasteiger partial charge in [-0.1, -0.05) is 12.1 Å². The molecule has 0 bridgehead atoms. The summed E-state index contributed by atoms with van der Waals surface area (Å²) in [6.45, 7) is 1.89. The minimum Gasteiger partial charge on any atom is -0.504 e. The molecule has 0 unspecified atom stereocenters. The molecule has 3 atom stereocenters. The number of phenolic OH excluding ortho intramolecular Hbond substituents is 1. The summed E-state index contributed by atoms with van der Waals surface area (Å²) >= 11 is 1.47. The molecule has 1 aliphatic heterocycles. The summed E-state index contributed by atoms with van der Waals surface area (Å²) < 4.78 is 10.5. The maximum atomic E-state index is 13.7. The number of phenols is 1. The van der Waals surface area contributed by atoms with Crippen LogP contribution in [0.25, 0.3) is 0 Å². The Hall–Kier alpha value is -3.13. The normalized spacial score (nSPS) is 23.2. The fourth-order valence-electron chi connectivity index (χ4n) is 4.42. The Balaban J connectivity index is 1.81. The fraction of sp³-hybridized carbons (Fsp3) is 0.348. The minimum absolute atomic E-state index is 0.0298. The van der Waals surface area contributed by atoms with E-state index < -0.39 is 23.7 Å². The highest BCUT2D eigenvalue weighted by atomic mass is 32.1. The number of aromatic hydroxyl groups is 1. The number of hydrogen-bond donors (Lipinski definition) is 2. The van der Waals surface area contributed by atoms with Gasteiger partial charge in [0, 0.05) is 34.4 Å². The molecule has 7 nitrogen and oxygen atoms in total. The molecule has 2 N–H and O–H groups in total. The lowest BCUT2D eigenvalue weighted by Crippen LogP contribution is -2.44. The summed E-state index contributed by atoms with van der Waals surface area (Å²) in [5, 5.41) is 14.7. The van der Waals surface area contributed by atoms with Gasteiger partial charge in [-0.15, -0.1) is 11.3 Å². The summed E-state index contributed by atoms with van der Waals surface area (Å²) in [5.74, 6) is -2.72. The molecule has 1 aromatic carbocycles. The smallest absolute Gasteiger partial charge is 0.317 e. The molecule has 162 valence electrons. The van der Waals surface area contributed by atoms with Crippen LogP contribution in [0.1, 0.15) is 42.0 Å². The standard InChI is InChI=1S/C23H23NO6S/c1-3-30-23(28)21-14(18-5-4-8-31-18)10-15-20(22(21)27)13(11-19(26)24-15)12-6-7-16(25)17(9-12)29-2/h4-9,13-14,21,25H,3,10-11H2,1-2H3,(H,24,26)/t13-,14-,21+/m0/s1. The number of amides is 1. The summed E-state index contributed by atoms with van der Waals surface area (Å²) in [5.41, 5.74) is 1.65. The van der Waals surface area contributed by atoms with E-state index in [0.29, 0.717) is 23.3 Å². The lowest BCUT2D eigenvalue weighted by Gasteiger charge is -2.37.